The molecule has 0 saturated carbocycles. The normalized spacial score (nSPS) is 10.1. The highest BCUT2D eigenvalue weighted by Gasteiger charge is 2.03. The SMILES string of the molecule is Cc1cc(C(N)=S)ccc1Br.Cc1csc(-c2ccc(Br)c(C)c2)n1. The summed E-state index contributed by atoms with van der Waals surface area (Å²) in [7, 11) is 0. The first-order chi connectivity index (χ1) is 11.8. The van der Waals surface area contributed by atoms with Gasteiger partial charge < -0.3 is 5.73 Å². The molecule has 3 rings (SSSR count). The van der Waals surface area contributed by atoms with Gasteiger partial charge in [0.1, 0.15) is 10.00 Å². The molecule has 3 aromatic rings. The van der Waals surface area contributed by atoms with Gasteiger partial charge in [-0.25, -0.2) is 4.98 Å². The molecule has 0 spiro atoms. The summed E-state index contributed by atoms with van der Waals surface area (Å²) < 4.78 is 2.23. The molecule has 0 atom stereocenters. The molecule has 0 bridgehead atoms. The van der Waals surface area contributed by atoms with Crippen molar-refractivity contribution in [2.75, 3.05) is 0 Å². The first-order valence-corrected chi connectivity index (χ1v) is 10.4. The Hall–Kier alpha value is -1.08. The van der Waals surface area contributed by atoms with Crippen LogP contribution in [0.2, 0.25) is 0 Å². The monoisotopic (exact) mass is 496 g/mol. The molecule has 25 heavy (non-hydrogen) atoms. The number of benzene rings is 2. The van der Waals surface area contributed by atoms with Crippen molar-refractivity contribution in [2.24, 2.45) is 5.73 Å². The molecule has 0 aliphatic carbocycles. The Morgan fingerprint density at radius 2 is 1.60 bits per heavy atom. The molecular formula is C19H18Br2N2S2. The number of halogens is 2. The summed E-state index contributed by atoms with van der Waals surface area (Å²) >= 11 is 13.4. The van der Waals surface area contributed by atoms with Gasteiger partial charge >= 0.3 is 0 Å². The smallest absolute Gasteiger partial charge is 0.123 e. The zero-order valence-electron chi connectivity index (χ0n) is 14.1. The lowest BCUT2D eigenvalue weighted by Gasteiger charge is -2.00. The fraction of sp³-hybridized carbons (Fsp3) is 0.158. The van der Waals surface area contributed by atoms with Crippen LogP contribution in [0.1, 0.15) is 22.4 Å². The highest BCUT2D eigenvalue weighted by molar-refractivity contribution is 9.10. The third-order valence-corrected chi connectivity index (χ3v) is 6.49. The van der Waals surface area contributed by atoms with Gasteiger partial charge in [-0.1, -0.05) is 56.2 Å². The van der Waals surface area contributed by atoms with Gasteiger partial charge in [-0.2, -0.15) is 0 Å². The van der Waals surface area contributed by atoms with E-state index in [-0.39, 0.29) is 0 Å². The van der Waals surface area contributed by atoms with E-state index in [0.717, 1.165) is 30.8 Å². The van der Waals surface area contributed by atoms with Crippen molar-refractivity contribution in [1.29, 1.82) is 0 Å². The number of aromatic nitrogens is 1. The van der Waals surface area contributed by atoms with E-state index in [2.05, 4.69) is 67.3 Å². The fourth-order valence-electron chi connectivity index (χ4n) is 2.06. The molecule has 2 nitrogen and oxygen atoms in total. The second-order valence-electron chi connectivity index (χ2n) is 5.59. The Labute approximate surface area is 174 Å². The molecule has 1 heterocycles. The van der Waals surface area contributed by atoms with Crippen molar-refractivity contribution in [2.45, 2.75) is 20.8 Å². The molecule has 130 valence electrons. The van der Waals surface area contributed by atoms with Crippen LogP contribution in [0, 0.1) is 20.8 Å². The maximum Gasteiger partial charge on any atom is 0.123 e. The number of thiazole rings is 1. The molecule has 0 unspecified atom stereocenters. The van der Waals surface area contributed by atoms with Crippen LogP contribution < -0.4 is 5.73 Å². The van der Waals surface area contributed by atoms with Crippen LogP contribution >= 0.6 is 55.4 Å². The Bertz CT molecular complexity index is 904. The van der Waals surface area contributed by atoms with Gasteiger partial charge in [0.2, 0.25) is 0 Å². The summed E-state index contributed by atoms with van der Waals surface area (Å²) in [5, 5.41) is 3.17. The minimum Gasteiger partial charge on any atom is -0.389 e. The van der Waals surface area contributed by atoms with Gasteiger partial charge in [0.05, 0.1) is 0 Å². The van der Waals surface area contributed by atoms with Crippen molar-refractivity contribution < 1.29 is 0 Å². The zero-order chi connectivity index (χ0) is 18.6. The van der Waals surface area contributed by atoms with Crippen LogP contribution in [0.25, 0.3) is 10.6 Å². The molecule has 0 amide bonds. The van der Waals surface area contributed by atoms with E-state index in [1.807, 2.05) is 32.0 Å². The van der Waals surface area contributed by atoms with Crippen LogP contribution in [0.4, 0.5) is 0 Å². The standard InChI is InChI=1S/C11H10BrNS.C8H8BrNS/c1-7-5-9(3-4-10(7)12)11-13-8(2)6-14-11;1-5-4-6(8(10)11)2-3-7(5)9/h3-6H,1-2H3;2-4H,1H3,(H2,10,11). The van der Waals surface area contributed by atoms with Crippen molar-refractivity contribution in [1.82, 2.24) is 4.98 Å². The highest BCUT2D eigenvalue weighted by Crippen LogP contribution is 2.27. The van der Waals surface area contributed by atoms with Crippen LogP contribution in [0.3, 0.4) is 0 Å². The molecule has 0 fully saturated rings. The van der Waals surface area contributed by atoms with Gasteiger partial charge in [-0.05, 0) is 56.2 Å². The number of rotatable bonds is 2. The average molecular weight is 498 g/mol. The second-order valence-corrected chi connectivity index (χ2v) is 8.59. The largest absolute Gasteiger partial charge is 0.389 e. The van der Waals surface area contributed by atoms with E-state index in [0.29, 0.717) is 4.99 Å². The quantitative estimate of drug-likeness (QED) is 0.406. The minimum atomic E-state index is 0.445. The van der Waals surface area contributed by atoms with Gasteiger partial charge in [-0.3, -0.25) is 0 Å². The van der Waals surface area contributed by atoms with Gasteiger partial charge in [0.25, 0.3) is 0 Å². The fourth-order valence-corrected chi connectivity index (χ4v) is 3.48. The zero-order valence-corrected chi connectivity index (χ0v) is 18.9. The lowest BCUT2D eigenvalue weighted by Crippen LogP contribution is -2.09. The molecule has 6 heteroatoms. The van der Waals surface area contributed by atoms with Crippen LogP contribution in [-0.2, 0) is 0 Å². The van der Waals surface area contributed by atoms with Crippen molar-refractivity contribution in [3.8, 4) is 10.6 Å². The number of aryl methyl sites for hydroxylation is 3. The lowest BCUT2D eigenvalue weighted by atomic mass is 10.1. The highest BCUT2D eigenvalue weighted by atomic mass is 79.9. The summed E-state index contributed by atoms with van der Waals surface area (Å²) in [6.45, 7) is 6.12. The van der Waals surface area contributed by atoms with E-state index < -0.39 is 0 Å². The molecule has 2 N–H and O–H groups in total. The number of hydrogen-bond acceptors (Lipinski definition) is 3. The topological polar surface area (TPSA) is 38.9 Å². The summed E-state index contributed by atoms with van der Waals surface area (Å²) in [5.41, 5.74) is 11.0. The summed E-state index contributed by atoms with van der Waals surface area (Å²) in [6, 6.07) is 12.1. The Kier molecular flexibility index (Phi) is 7.31. The predicted octanol–water partition coefficient (Wildman–Crippen LogP) is 6.58. The summed E-state index contributed by atoms with van der Waals surface area (Å²) in [5.74, 6) is 0. The second kappa shape index (κ2) is 9.03. The molecule has 0 aliphatic rings. The third kappa shape index (κ3) is 5.71. The molecule has 0 radical (unpaired) electrons. The van der Waals surface area contributed by atoms with Crippen molar-refractivity contribution in [3.63, 3.8) is 0 Å². The van der Waals surface area contributed by atoms with Gasteiger partial charge in [-0.15, -0.1) is 11.3 Å². The minimum absolute atomic E-state index is 0.445. The van der Waals surface area contributed by atoms with Gasteiger partial charge in [0, 0.05) is 31.1 Å². The number of hydrogen-bond donors (Lipinski definition) is 1. The lowest BCUT2D eigenvalue weighted by molar-refractivity contribution is 1.26. The van der Waals surface area contributed by atoms with E-state index in [9.17, 15) is 0 Å². The molecular weight excluding hydrogens is 480 g/mol. The Morgan fingerprint density at radius 3 is 2.08 bits per heavy atom. The average Bonchev–Trinajstić information content (AvgIpc) is 2.99. The molecule has 1 aromatic heterocycles. The van der Waals surface area contributed by atoms with Crippen LogP contribution in [0.15, 0.2) is 50.7 Å². The van der Waals surface area contributed by atoms with E-state index >= 15 is 0 Å². The maximum atomic E-state index is 5.45. The van der Waals surface area contributed by atoms with E-state index in [4.69, 9.17) is 18.0 Å². The van der Waals surface area contributed by atoms with E-state index in [1.54, 1.807) is 11.3 Å². The number of nitrogens with zero attached hydrogens (tertiary/aromatic N) is 1. The maximum absolute atomic E-state index is 5.45. The third-order valence-electron chi connectivity index (χ3n) is 3.47. The molecule has 2 aromatic carbocycles. The number of nitrogens with two attached hydrogens (primary N) is 1. The van der Waals surface area contributed by atoms with Gasteiger partial charge in [0.15, 0.2) is 0 Å². The summed E-state index contributed by atoms with van der Waals surface area (Å²) in [4.78, 5) is 4.90. The Balaban J connectivity index is 0.000000186. The predicted molar refractivity (Wildman–Crippen MR) is 119 cm³/mol. The van der Waals surface area contributed by atoms with Crippen molar-refractivity contribution >= 4 is 60.4 Å². The van der Waals surface area contributed by atoms with E-state index in [1.165, 1.54) is 11.1 Å². The Morgan fingerprint density at radius 1 is 1.00 bits per heavy atom. The van der Waals surface area contributed by atoms with Crippen LogP contribution in [-0.4, -0.2) is 9.97 Å². The first-order valence-electron chi connectivity index (χ1n) is 7.52. The molecule has 0 saturated heterocycles. The summed E-state index contributed by atoms with van der Waals surface area (Å²) in [6.07, 6.45) is 0. The number of thiocarbonyl (C=S) groups is 1. The van der Waals surface area contributed by atoms with Crippen LogP contribution in [0.5, 0.6) is 0 Å². The first kappa shape index (κ1) is 20.2. The van der Waals surface area contributed by atoms with Crippen molar-refractivity contribution in [3.05, 3.63) is 73.1 Å². The molecule has 0 aliphatic heterocycles.